The molecule has 0 aromatic carbocycles. The molecule has 0 aliphatic carbocycles. The van der Waals surface area contributed by atoms with E-state index in [0.717, 1.165) is 23.1 Å². The Labute approximate surface area is 86.2 Å². The van der Waals surface area contributed by atoms with Crippen LogP contribution in [0, 0.1) is 0 Å². The van der Waals surface area contributed by atoms with Crippen molar-refractivity contribution in [2.45, 2.75) is 12.7 Å². The second-order valence-electron chi connectivity index (χ2n) is 2.86. The fourth-order valence-corrected chi connectivity index (χ4v) is 1.87. The standard InChI is InChI=1S/C9H13NO3S/c11-6-8-7(2-4-14-8)1-3-10-5-9(12)13/h2,4,6,9-10,12-13H,1,3,5H2. The molecule has 0 amide bonds. The number of rotatable bonds is 6. The lowest BCUT2D eigenvalue weighted by Gasteiger charge is -2.05. The van der Waals surface area contributed by atoms with Crippen LogP contribution in [0.25, 0.3) is 0 Å². The van der Waals surface area contributed by atoms with Gasteiger partial charge in [0, 0.05) is 6.54 Å². The second kappa shape index (κ2) is 5.87. The van der Waals surface area contributed by atoms with E-state index < -0.39 is 6.29 Å². The molecule has 78 valence electrons. The van der Waals surface area contributed by atoms with Crippen molar-refractivity contribution in [3.8, 4) is 0 Å². The third-order valence-electron chi connectivity index (χ3n) is 1.79. The van der Waals surface area contributed by atoms with E-state index in [1.807, 2.05) is 11.4 Å². The number of nitrogens with one attached hydrogen (secondary N) is 1. The lowest BCUT2D eigenvalue weighted by atomic mass is 10.2. The van der Waals surface area contributed by atoms with Gasteiger partial charge in [-0.15, -0.1) is 11.3 Å². The van der Waals surface area contributed by atoms with Crippen molar-refractivity contribution in [1.82, 2.24) is 5.32 Å². The first-order chi connectivity index (χ1) is 6.74. The number of thiophene rings is 1. The molecule has 1 rings (SSSR count). The molecule has 0 bridgehead atoms. The van der Waals surface area contributed by atoms with Gasteiger partial charge in [-0.3, -0.25) is 4.79 Å². The Hall–Kier alpha value is -0.750. The first-order valence-electron chi connectivity index (χ1n) is 4.32. The summed E-state index contributed by atoms with van der Waals surface area (Å²) in [5.41, 5.74) is 1.00. The quantitative estimate of drug-likeness (QED) is 0.355. The summed E-state index contributed by atoms with van der Waals surface area (Å²) in [6.07, 6.45) is 0.258. The number of hydrogen-bond donors (Lipinski definition) is 3. The molecular weight excluding hydrogens is 202 g/mol. The van der Waals surface area contributed by atoms with Crippen LogP contribution in [0.4, 0.5) is 0 Å². The number of aldehydes is 1. The summed E-state index contributed by atoms with van der Waals surface area (Å²) in [7, 11) is 0. The minimum absolute atomic E-state index is 0.153. The topological polar surface area (TPSA) is 69.6 Å². The maximum absolute atomic E-state index is 10.5. The van der Waals surface area contributed by atoms with Gasteiger partial charge in [-0.1, -0.05) is 0 Å². The van der Waals surface area contributed by atoms with E-state index >= 15 is 0 Å². The summed E-state index contributed by atoms with van der Waals surface area (Å²) >= 11 is 1.42. The third-order valence-corrected chi connectivity index (χ3v) is 2.67. The van der Waals surface area contributed by atoms with Crippen molar-refractivity contribution in [1.29, 1.82) is 0 Å². The van der Waals surface area contributed by atoms with Crippen LogP contribution in [0.3, 0.4) is 0 Å². The molecule has 0 atom stereocenters. The Bertz CT molecular complexity index is 285. The molecule has 0 unspecified atom stereocenters. The maximum atomic E-state index is 10.5. The zero-order valence-corrected chi connectivity index (χ0v) is 8.46. The van der Waals surface area contributed by atoms with Gasteiger partial charge in [-0.05, 0) is 30.0 Å². The number of carbonyl (C=O) groups excluding carboxylic acids is 1. The highest BCUT2D eigenvalue weighted by atomic mass is 32.1. The summed E-state index contributed by atoms with van der Waals surface area (Å²) < 4.78 is 0. The molecule has 4 nitrogen and oxygen atoms in total. The summed E-state index contributed by atoms with van der Waals surface area (Å²) in [6, 6.07) is 1.91. The van der Waals surface area contributed by atoms with Crippen molar-refractivity contribution in [3.63, 3.8) is 0 Å². The zero-order chi connectivity index (χ0) is 10.4. The van der Waals surface area contributed by atoms with E-state index in [-0.39, 0.29) is 6.54 Å². The molecule has 5 heteroatoms. The minimum Gasteiger partial charge on any atom is -0.367 e. The average molecular weight is 215 g/mol. The molecule has 0 aliphatic heterocycles. The van der Waals surface area contributed by atoms with Gasteiger partial charge in [0.1, 0.15) is 0 Å². The SMILES string of the molecule is O=Cc1sccc1CCNCC(O)O. The van der Waals surface area contributed by atoms with E-state index in [1.54, 1.807) is 0 Å². The van der Waals surface area contributed by atoms with Crippen LogP contribution in [0.15, 0.2) is 11.4 Å². The summed E-state index contributed by atoms with van der Waals surface area (Å²) in [4.78, 5) is 11.3. The summed E-state index contributed by atoms with van der Waals surface area (Å²) in [5.74, 6) is 0. The smallest absolute Gasteiger partial charge is 0.164 e. The van der Waals surface area contributed by atoms with Gasteiger partial charge in [-0.25, -0.2) is 0 Å². The molecule has 0 fully saturated rings. The maximum Gasteiger partial charge on any atom is 0.164 e. The van der Waals surface area contributed by atoms with Crippen molar-refractivity contribution in [2.75, 3.05) is 13.1 Å². The number of carbonyl (C=O) groups is 1. The van der Waals surface area contributed by atoms with E-state index in [0.29, 0.717) is 6.54 Å². The Kier molecular flexibility index (Phi) is 4.75. The zero-order valence-electron chi connectivity index (χ0n) is 7.64. The molecule has 1 aromatic rings. The monoisotopic (exact) mass is 215 g/mol. The van der Waals surface area contributed by atoms with Crippen LogP contribution in [0.5, 0.6) is 0 Å². The van der Waals surface area contributed by atoms with E-state index in [1.165, 1.54) is 11.3 Å². The Morgan fingerprint density at radius 3 is 3.00 bits per heavy atom. The van der Waals surface area contributed by atoms with Gasteiger partial charge in [0.15, 0.2) is 12.6 Å². The Morgan fingerprint density at radius 1 is 1.57 bits per heavy atom. The van der Waals surface area contributed by atoms with Crippen LogP contribution >= 0.6 is 11.3 Å². The van der Waals surface area contributed by atoms with Gasteiger partial charge >= 0.3 is 0 Å². The minimum atomic E-state index is -1.32. The molecule has 1 aromatic heterocycles. The molecule has 0 radical (unpaired) electrons. The molecule has 14 heavy (non-hydrogen) atoms. The molecule has 1 heterocycles. The molecular formula is C9H13NO3S. The number of aliphatic hydroxyl groups is 2. The van der Waals surface area contributed by atoms with Crippen LogP contribution in [-0.4, -0.2) is 35.9 Å². The van der Waals surface area contributed by atoms with Gasteiger partial charge in [-0.2, -0.15) is 0 Å². The van der Waals surface area contributed by atoms with E-state index in [2.05, 4.69) is 5.32 Å². The number of hydrogen-bond acceptors (Lipinski definition) is 5. The highest BCUT2D eigenvalue weighted by Gasteiger charge is 2.02. The summed E-state index contributed by atoms with van der Waals surface area (Å²) in [6.45, 7) is 0.787. The molecule has 0 saturated carbocycles. The first kappa shape index (κ1) is 11.3. The highest BCUT2D eigenvalue weighted by Crippen LogP contribution is 2.14. The van der Waals surface area contributed by atoms with Crippen LogP contribution in [0.2, 0.25) is 0 Å². The van der Waals surface area contributed by atoms with Crippen molar-refractivity contribution in [2.24, 2.45) is 0 Å². The van der Waals surface area contributed by atoms with Crippen molar-refractivity contribution < 1.29 is 15.0 Å². The Morgan fingerprint density at radius 2 is 2.36 bits per heavy atom. The lowest BCUT2D eigenvalue weighted by molar-refractivity contribution is -0.0369. The second-order valence-corrected chi connectivity index (χ2v) is 3.81. The van der Waals surface area contributed by atoms with Crippen molar-refractivity contribution >= 4 is 17.6 Å². The molecule has 0 aliphatic rings. The first-order valence-corrected chi connectivity index (χ1v) is 5.20. The predicted octanol–water partition coefficient (Wildman–Crippen LogP) is 0.00340. The molecule has 3 N–H and O–H groups in total. The van der Waals surface area contributed by atoms with Crippen molar-refractivity contribution in [3.05, 3.63) is 21.9 Å². The fraction of sp³-hybridized carbons (Fsp3) is 0.444. The molecule has 0 saturated heterocycles. The largest absolute Gasteiger partial charge is 0.367 e. The van der Waals surface area contributed by atoms with Gasteiger partial charge in [0.25, 0.3) is 0 Å². The lowest BCUT2D eigenvalue weighted by Crippen LogP contribution is -2.27. The van der Waals surface area contributed by atoms with Crippen LogP contribution in [-0.2, 0) is 6.42 Å². The van der Waals surface area contributed by atoms with Gasteiger partial charge in [0.05, 0.1) is 4.88 Å². The van der Waals surface area contributed by atoms with Crippen LogP contribution < -0.4 is 5.32 Å². The average Bonchev–Trinajstić information content (AvgIpc) is 2.59. The number of aliphatic hydroxyl groups excluding tert-OH is 1. The summed E-state index contributed by atoms with van der Waals surface area (Å²) in [5, 5.41) is 21.8. The highest BCUT2D eigenvalue weighted by molar-refractivity contribution is 7.11. The normalized spacial score (nSPS) is 10.8. The van der Waals surface area contributed by atoms with E-state index in [4.69, 9.17) is 10.2 Å². The predicted molar refractivity (Wildman–Crippen MR) is 54.5 cm³/mol. The van der Waals surface area contributed by atoms with Crippen LogP contribution in [0.1, 0.15) is 15.2 Å². The van der Waals surface area contributed by atoms with Gasteiger partial charge in [0.2, 0.25) is 0 Å². The van der Waals surface area contributed by atoms with E-state index in [9.17, 15) is 4.79 Å². The third kappa shape index (κ3) is 3.55. The Balaban J connectivity index is 2.27. The van der Waals surface area contributed by atoms with Gasteiger partial charge < -0.3 is 15.5 Å². The molecule has 0 spiro atoms. The fourth-order valence-electron chi connectivity index (χ4n) is 1.11.